The number of likely N-dealkylation sites (tertiary alicyclic amines) is 1. The standard InChI is InChI=1S/C20H24N2O2/c1-3-24-18-12-10-17(11-13-18)21-20(23)22-14-4-5-19(22)16-8-6-15(2)7-9-16/h6-13,19H,3-5,14H2,1-2H3,(H,21,23). The van der Waals surface area contributed by atoms with Crippen LogP contribution < -0.4 is 10.1 Å². The van der Waals surface area contributed by atoms with Crippen LogP contribution in [0.15, 0.2) is 48.5 Å². The van der Waals surface area contributed by atoms with E-state index in [0.29, 0.717) is 6.61 Å². The van der Waals surface area contributed by atoms with Gasteiger partial charge in [-0.3, -0.25) is 0 Å². The maximum Gasteiger partial charge on any atom is 0.322 e. The second-order valence-electron chi connectivity index (χ2n) is 6.15. The highest BCUT2D eigenvalue weighted by Gasteiger charge is 2.29. The first kappa shape index (κ1) is 16.4. The SMILES string of the molecule is CCOc1ccc(NC(=O)N2CCCC2c2ccc(C)cc2)cc1. The summed E-state index contributed by atoms with van der Waals surface area (Å²) in [5.74, 6) is 0.814. The summed E-state index contributed by atoms with van der Waals surface area (Å²) in [7, 11) is 0. The fraction of sp³-hybridized carbons (Fsp3) is 0.350. The van der Waals surface area contributed by atoms with Crippen LogP contribution >= 0.6 is 0 Å². The predicted molar refractivity (Wildman–Crippen MR) is 96.5 cm³/mol. The predicted octanol–water partition coefficient (Wildman–Crippen LogP) is 4.76. The average Bonchev–Trinajstić information content (AvgIpc) is 3.07. The molecule has 0 aromatic heterocycles. The molecule has 1 fully saturated rings. The summed E-state index contributed by atoms with van der Waals surface area (Å²) >= 11 is 0. The zero-order valence-electron chi connectivity index (χ0n) is 14.3. The normalized spacial score (nSPS) is 16.9. The molecule has 1 atom stereocenters. The van der Waals surface area contributed by atoms with Crippen molar-refractivity contribution in [2.75, 3.05) is 18.5 Å². The highest BCUT2D eigenvalue weighted by Crippen LogP contribution is 2.32. The number of ether oxygens (including phenoxy) is 1. The van der Waals surface area contributed by atoms with Crippen LogP contribution in [0, 0.1) is 6.92 Å². The average molecular weight is 324 g/mol. The van der Waals surface area contributed by atoms with Gasteiger partial charge in [0, 0.05) is 12.2 Å². The number of benzene rings is 2. The summed E-state index contributed by atoms with van der Waals surface area (Å²) in [4.78, 5) is 14.6. The molecule has 1 saturated heterocycles. The lowest BCUT2D eigenvalue weighted by molar-refractivity contribution is 0.207. The molecule has 0 radical (unpaired) electrons. The van der Waals surface area contributed by atoms with Crippen LogP contribution in [0.25, 0.3) is 0 Å². The molecule has 1 N–H and O–H groups in total. The Balaban J connectivity index is 1.68. The molecule has 0 aliphatic carbocycles. The van der Waals surface area contributed by atoms with Gasteiger partial charge in [-0.2, -0.15) is 0 Å². The van der Waals surface area contributed by atoms with Crippen LogP contribution in [-0.4, -0.2) is 24.1 Å². The second kappa shape index (κ2) is 7.39. The molecular weight excluding hydrogens is 300 g/mol. The van der Waals surface area contributed by atoms with E-state index in [9.17, 15) is 4.79 Å². The second-order valence-corrected chi connectivity index (χ2v) is 6.15. The van der Waals surface area contributed by atoms with Crippen molar-refractivity contribution < 1.29 is 9.53 Å². The molecule has 2 aromatic rings. The summed E-state index contributed by atoms with van der Waals surface area (Å²) in [6.45, 7) is 5.46. The van der Waals surface area contributed by atoms with Gasteiger partial charge < -0.3 is 15.0 Å². The van der Waals surface area contributed by atoms with E-state index >= 15 is 0 Å². The van der Waals surface area contributed by atoms with Crippen LogP contribution in [0.2, 0.25) is 0 Å². The number of carbonyl (C=O) groups excluding carboxylic acids is 1. The molecule has 0 bridgehead atoms. The summed E-state index contributed by atoms with van der Waals surface area (Å²) in [5, 5.41) is 3.00. The molecular formula is C20H24N2O2. The topological polar surface area (TPSA) is 41.6 Å². The molecule has 2 amide bonds. The molecule has 0 saturated carbocycles. The van der Waals surface area contributed by atoms with E-state index < -0.39 is 0 Å². The first-order chi connectivity index (χ1) is 11.7. The van der Waals surface area contributed by atoms with Gasteiger partial charge in [0.05, 0.1) is 12.6 Å². The Morgan fingerprint density at radius 1 is 1.17 bits per heavy atom. The summed E-state index contributed by atoms with van der Waals surface area (Å²) in [6.07, 6.45) is 2.05. The van der Waals surface area contributed by atoms with Gasteiger partial charge >= 0.3 is 6.03 Å². The maximum atomic E-state index is 12.7. The lowest BCUT2D eigenvalue weighted by atomic mass is 10.0. The molecule has 1 aliphatic rings. The van der Waals surface area contributed by atoms with E-state index in [-0.39, 0.29) is 12.1 Å². The molecule has 1 unspecified atom stereocenters. The minimum atomic E-state index is -0.0396. The fourth-order valence-electron chi connectivity index (χ4n) is 3.14. The van der Waals surface area contributed by atoms with Gasteiger partial charge in [-0.05, 0) is 56.5 Å². The number of nitrogens with one attached hydrogen (secondary N) is 1. The third kappa shape index (κ3) is 3.70. The van der Waals surface area contributed by atoms with E-state index in [4.69, 9.17) is 4.74 Å². The van der Waals surface area contributed by atoms with E-state index in [1.807, 2.05) is 36.1 Å². The third-order valence-electron chi connectivity index (χ3n) is 4.39. The van der Waals surface area contributed by atoms with Crippen molar-refractivity contribution in [3.63, 3.8) is 0 Å². The number of hydrogen-bond donors (Lipinski definition) is 1. The van der Waals surface area contributed by atoms with Crippen molar-refractivity contribution in [1.82, 2.24) is 4.90 Å². The smallest absolute Gasteiger partial charge is 0.322 e. The minimum absolute atomic E-state index is 0.0396. The van der Waals surface area contributed by atoms with Crippen LogP contribution in [-0.2, 0) is 0 Å². The molecule has 1 heterocycles. The quantitative estimate of drug-likeness (QED) is 0.880. The Bertz CT molecular complexity index is 680. The van der Waals surface area contributed by atoms with E-state index in [0.717, 1.165) is 30.8 Å². The number of rotatable bonds is 4. The molecule has 3 rings (SSSR count). The molecule has 1 aliphatic heterocycles. The maximum absolute atomic E-state index is 12.7. The van der Waals surface area contributed by atoms with Gasteiger partial charge in [0.15, 0.2) is 0 Å². The Morgan fingerprint density at radius 3 is 2.54 bits per heavy atom. The Morgan fingerprint density at radius 2 is 1.88 bits per heavy atom. The number of hydrogen-bond acceptors (Lipinski definition) is 2. The van der Waals surface area contributed by atoms with Gasteiger partial charge in [-0.15, -0.1) is 0 Å². The van der Waals surface area contributed by atoms with Crippen molar-refractivity contribution in [3.8, 4) is 5.75 Å². The number of amides is 2. The molecule has 4 heteroatoms. The molecule has 4 nitrogen and oxygen atoms in total. The number of aryl methyl sites for hydroxylation is 1. The van der Waals surface area contributed by atoms with Gasteiger partial charge in [0.2, 0.25) is 0 Å². The van der Waals surface area contributed by atoms with Crippen LogP contribution in [0.3, 0.4) is 0 Å². The lowest BCUT2D eigenvalue weighted by Gasteiger charge is -2.25. The van der Waals surface area contributed by atoms with Crippen LogP contribution in [0.4, 0.5) is 10.5 Å². The monoisotopic (exact) mass is 324 g/mol. The van der Waals surface area contributed by atoms with Crippen molar-refractivity contribution in [2.24, 2.45) is 0 Å². The van der Waals surface area contributed by atoms with E-state index in [1.54, 1.807) is 0 Å². The molecule has 24 heavy (non-hydrogen) atoms. The number of anilines is 1. The van der Waals surface area contributed by atoms with Crippen molar-refractivity contribution in [1.29, 1.82) is 0 Å². The first-order valence-electron chi connectivity index (χ1n) is 8.54. The minimum Gasteiger partial charge on any atom is -0.494 e. The van der Waals surface area contributed by atoms with Gasteiger partial charge in [-0.1, -0.05) is 29.8 Å². The van der Waals surface area contributed by atoms with E-state index in [1.165, 1.54) is 11.1 Å². The summed E-state index contributed by atoms with van der Waals surface area (Å²) < 4.78 is 5.43. The highest BCUT2D eigenvalue weighted by atomic mass is 16.5. The summed E-state index contributed by atoms with van der Waals surface area (Å²) in [5.41, 5.74) is 3.24. The fourth-order valence-corrected chi connectivity index (χ4v) is 3.14. The molecule has 0 spiro atoms. The van der Waals surface area contributed by atoms with Gasteiger partial charge in [-0.25, -0.2) is 4.79 Å². The van der Waals surface area contributed by atoms with Gasteiger partial charge in [0.25, 0.3) is 0 Å². The Hall–Kier alpha value is -2.49. The number of urea groups is 1. The van der Waals surface area contributed by atoms with Crippen molar-refractivity contribution in [2.45, 2.75) is 32.7 Å². The summed E-state index contributed by atoms with van der Waals surface area (Å²) in [6, 6.07) is 16.1. The Kier molecular flexibility index (Phi) is 5.04. The first-order valence-corrected chi connectivity index (χ1v) is 8.54. The third-order valence-corrected chi connectivity index (χ3v) is 4.39. The van der Waals surface area contributed by atoms with E-state index in [2.05, 4.69) is 36.5 Å². The number of nitrogens with zero attached hydrogens (tertiary/aromatic N) is 1. The zero-order valence-corrected chi connectivity index (χ0v) is 14.3. The largest absolute Gasteiger partial charge is 0.494 e. The van der Waals surface area contributed by atoms with Crippen LogP contribution in [0.5, 0.6) is 5.75 Å². The Labute approximate surface area is 143 Å². The zero-order chi connectivity index (χ0) is 16.9. The number of carbonyl (C=O) groups is 1. The molecule has 2 aromatic carbocycles. The lowest BCUT2D eigenvalue weighted by Crippen LogP contribution is -2.34. The van der Waals surface area contributed by atoms with Crippen LogP contribution in [0.1, 0.15) is 36.9 Å². The van der Waals surface area contributed by atoms with Crippen molar-refractivity contribution in [3.05, 3.63) is 59.7 Å². The highest BCUT2D eigenvalue weighted by molar-refractivity contribution is 5.89. The molecule has 126 valence electrons. The van der Waals surface area contributed by atoms with Gasteiger partial charge in [0.1, 0.15) is 5.75 Å². The van der Waals surface area contributed by atoms with Crippen molar-refractivity contribution >= 4 is 11.7 Å².